The molecule has 1 unspecified atom stereocenters. The summed E-state index contributed by atoms with van der Waals surface area (Å²) >= 11 is 1.49. The van der Waals surface area contributed by atoms with Crippen molar-refractivity contribution in [3.8, 4) is 0 Å². The minimum atomic E-state index is -0.788. The fraction of sp³-hybridized carbons (Fsp3) is 0.100. The Morgan fingerprint density at radius 1 is 1.36 bits per heavy atom. The second-order valence-electron chi connectivity index (χ2n) is 2.90. The van der Waals surface area contributed by atoms with E-state index in [-0.39, 0.29) is 0 Å². The van der Waals surface area contributed by atoms with Crippen LogP contribution in [0.4, 0.5) is 4.39 Å². The zero-order chi connectivity index (χ0) is 9.97. The van der Waals surface area contributed by atoms with Crippen molar-refractivity contribution < 1.29 is 9.50 Å². The molecule has 2 rings (SSSR count). The SMILES string of the molecule is OC(c1ccsc1)c1cncc(F)c1. The van der Waals surface area contributed by atoms with E-state index in [4.69, 9.17) is 0 Å². The molecular weight excluding hydrogens is 201 g/mol. The zero-order valence-corrected chi connectivity index (χ0v) is 8.04. The predicted octanol–water partition coefficient (Wildman–Crippen LogP) is 2.36. The van der Waals surface area contributed by atoms with Crippen molar-refractivity contribution in [2.45, 2.75) is 6.10 Å². The number of rotatable bonds is 2. The fourth-order valence-corrected chi connectivity index (χ4v) is 1.88. The topological polar surface area (TPSA) is 33.1 Å². The number of pyridine rings is 1. The first kappa shape index (κ1) is 9.30. The Bertz CT molecular complexity index is 416. The first-order chi connectivity index (χ1) is 6.77. The van der Waals surface area contributed by atoms with E-state index < -0.39 is 11.9 Å². The van der Waals surface area contributed by atoms with Crippen LogP contribution in [-0.4, -0.2) is 10.1 Å². The molecule has 0 amide bonds. The summed E-state index contributed by atoms with van der Waals surface area (Å²) < 4.78 is 12.8. The van der Waals surface area contributed by atoms with Gasteiger partial charge in [-0.3, -0.25) is 4.98 Å². The van der Waals surface area contributed by atoms with Crippen LogP contribution in [0.15, 0.2) is 35.3 Å². The van der Waals surface area contributed by atoms with Crippen molar-refractivity contribution in [2.75, 3.05) is 0 Å². The monoisotopic (exact) mass is 209 g/mol. The molecular formula is C10H8FNOS. The van der Waals surface area contributed by atoms with Gasteiger partial charge >= 0.3 is 0 Å². The molecule has 1 N–H and O–H groups in total. The lowest BCUT2D eigenvalue weighted by Gasteiger charge is -2.07. The van der Waals surface area contributed by atoms with Crippen LogP contribution in [0.25, 0.3) is 0 Å². The average molecular weight is 209 g/mol. The summed E-state index contributed by atoms with van der Waals surface area (Å²) in [7, 11) is 0. The van der Waals surface area contributed by atoms with Gasteiger partial charge in [0.25, 0.3) is 0 Å². The number of aromatic nitrogens is 1. The highest BCUT2D eigenvalue weighted by Gasteiger charge is 2.11. The first-order valence-electron chi connectivity index (χ1n) is 4.08. The maximum Gasteiger partial charge on any atom is 0.141 e. The Labute approximate surface area is 84.7 Å². The smallest absolute Gasteiger partial charge is 0.141 e. The lowest BCUT2D eigenvalue weighted by molar-refractivity contribution is 0.220. The van der Waals surface area contributed by atoms with Crippen molar-refractivity contribution >= 4 is 11.3 Å². The van der Waals surface area contributed by atoms with Crippen molar-refractivity contribution in [1.29, 1.82) is 0 Å². The molecule has 0 fully saturated rings. The molecule has 2 aromatic heterocycles. The number of hydrogen-bond acceptors (Lipinski definition) is 3. The molecule has 0 aliphatic carbocycles. The molecule has 0 radical (unpaired) electrons. The molecule has 2 nitrogen and oxygen atoms in total. The molecule has 2 heterocycles. The lowest BCUT2D eigenvalue weighted by atomic mass is 10.1. The highest BCUT2D eigenvalue weighted by molar-refractivity contribution is 7.07. The third-order valence-electron chi connectivity index (χ3n) is 1.90. The number of hydrogen-bond donors (Lipinski definition) is 1. The van der Waals surface area contributed by atoms with E-state index in [1.807, 2.05) is 10.8 Å². The van der Waals surface area contributed by atoms with Gasteiger partial charge in [-0.1, -0.05) is 0 Å². The highest BCUT2D eigenvalue weighted by atomic mass is 32.1. The summed E-state index contributed by atoms with van der Waals surface area (Å²) in [5.74, 6) is -0.434. The molecule has 0 aromatic carbocycles. The summed E-state index contributed by atoms with van der Waals surface area (Å²) in [6.45, 7) is 0. The van der Waals surface area contributed by atoms with Crippen LogP contribution < -0.4 is 0 Å². The van der Waals surface area contributed by atoms with E-state index in [0.717, 1.165) is 11.8 Å². The average Bonchev–Trinajstić information content (AvgIpc) is 2.69. The molecule has 0 spiro atoms. The van der Waals surface area contributed by atoms with Gasteiger partial charge in [-0.15, -0.1) is 0 Å². The molecule has 0 saturated carbocycles. The van der Waals surface area contributed by atoms with E-state index in [0.29, 0.717) is 5.56 Å². The number of halogens is 1. The Kier molecular flexibility index (Phi) is 2.56. The largest absolute Gasteiger partial charge is 0.384 e. The number of thiophene rings is 1. The van der Waals surface area contributed by atoms with Crippen LogP contribution in [0.3, 0.4) is 0 Å². The number of nitrogens with zero attached hydrogens (tertiary/aromatic N) is 1. The second kappa shape index (κ2) is 3.86. The van der Waals surface area contributed by atoms with Crippen molar-refractivity contribution in [3.63, 3.8) is 0 Å². The quantitative estimate of drug-likeness (QED) is 0.823. The summed E-state index contributed by atoms with van der Waals surface area (Å²) in [6, 6.07) is 3.09. The number of aliphatic hydroxyl groups is 1. The molecule has 0 aliphatic rings. The van der Waals surface area contributed by atoms with Crippen LogP contribution >= 0.6 is 11.3 Å². The van der Waals surface area contributed by atoms with Gasteiger partial charge in [0.15, 0.2) is 0 Å². The van der Waals surface area contributed by atoms with E-state index in [2.05, 4.69) is 4.98 Å². The minimum absolute atomic E-state index is 0.434. The van der Waals surface area contributed by atoms with Crippen molar-refractivity contribution in [3.05, 3.63) is 52.2 Å². The molecule has 0 aliphatic heterocycles. The van der Waals surface area contributed by atoms with Crippen molar-refractivity contribution in [1.82, 2.24) is 4.98 Å². The normalized spacial score (nSPS) is 12.7. The van der Waals surface area contributed by atoms with Gasteiger partial charge in [-0.2, -0.15) is 11.3 Å². The zero-order valence-electron chi connectivity index (χ0n) is 7.22. The maximum absolute atomic E-state index is 12.8. The molecule has 14 heavy (non-hydrogen) atoms. The standard InChI is InChI=1S/C10H8FNOS/c11-9-3-8(4-12-5-9)10(13)7-1-2-14-6-7/h1-6,10,13H. The van der Waals surface area contributed by atoms with E-state index in [1.165, 1.54) is 23.6 Å². The minimum Gasteiger partial charge on any atom is -0.384 e. The predicted molar refractivity (Wildman–Crippen MR) is 52.6 cm³/mol. The molecule has 0 saturated heterocycles. The highest BCUT2D eigenvalue weighted by Crippen LogP contribution is 2.23. The first-order valence-corrected chi connectivity index (χ1v) is 5.02. The van der Waals surface area contributed by atoms with Crippen LogP contribution in [0.2, 0.25) is 0 Å². The van der Waals surface area contributed by atoms with Crippen molar-refractivity contribution in [2.24, 2.45) is 0 Å². The number of aliphatic hydroxyl groups excluding tert-OH is 1. The van der Waals surface area contributed by atoms with E-state index in [1.54, 1.807) is 6.07 Å². The van der Waals surface area contributed by atoms with E-state index >= 15 is 0 Å². The van der Waals surface area contributed by atoms with Gasteiger partial charge in [0.05, 0.1) is 6.20 Å². The van der Waals surface area contributed by atoms with Gasteiger partial charge in [-0.05, 0) is 28.5 Å². The second-order valence-corrected chi connectivity index (χ2v) is 3.68. The molecule has 4 heteroatoms. The van der Waals surface area contributed by atoms with Gasteiger partial charge in [0.1, 0.15) is 11.9 Å². The molecule has 1 atom stereocenters. The molecule has 72 valence electrons. The van der Waals surface area contributed by atoms with Crippen LogP contribution in [0.1, 0.15) is 17.2 Å². The Hall–Kier alpha value is -1.26. The summed E-state index contributed by atoms with van der Waals surface area (Å²) in [5, 5.41) is 13.5. The third kappa shape index (κ3) is 1.81. The summed E-state index contributed by atoms with van der Waals surface area (Å²) in [5.41, 5.74) is 1.24. The maximum atomic E-state index is 12.8. The van der Waals surface area contributed by atoms with Crippen LogP contribution in [0.5, 0.6) is 0 Å². The van der Waals surface area contributed by atoms with E-state index in [9.17, 15) is 9.50 Å². The molecule has 0 bridgehead atoms. The van der Waals surface area contributed by atoms with Gasteiger partial charge < -0.3 is 5.11 Å². The fourth-order valence-electron chi connectivity index (χ4n) is 1.20. The Morgan fingerprint density at radius 2 is 2.21 bits per heavy atom. The third-order valence-corrected chi connectivity index (χ3v) is 2.60. The Balaban J connectivity index is 2.32. The van der Waals surface area contributed by atoms with Gasteiger partial charge in [0, 0.05) is 11.8 Å². The molecule has 2 aromatic rings. The van der Waals surface area contributed by atoms with Gasteiger partial charge in [-0.25, -0.2) is 4.39 Å². The lowest BCUT2D eigenvalue weighted by Crippen LogP contribution is -1.99. The summed E-state index contributed by atoms with van der Waals surface area (Å²) in [4.78, 5) is 3.68. The van der Waals surface area contributed by atoms with Crippen LogP contribution in [0, 0.1) is 5.82 Å². The Morgan fingerprint density at radius 3 is 2.86 bits per heavy atom. The van der Waals surface area contributed by atoms with Gasteiger partial charge in [0.2, 0.25) is 0 Å². The van der Waals surface area contributed by atoms with Crippen LogP contribution in [-0.2, 0) is 0 Å². The summed E-state index contributed by atoms with van der Waals surface area (Å²) in [6.07, 6.45) is 1.79.